The molecule has 1 unspecified atom stereocenters. The average Bonchev–Trinajstić information content (AvgIpc) is 2.27. The summed E-state index contributed by atoms with van der Waals surface area (Å²) in [6.07, 6.45) is 0. The minimum Gasteiger partial charge on any atom is -0.506 e. The summed E-state index contributed by atoms with van der Waals surface area (Å²) >= 11 is 3.20. The lowest BCUT2D eigenvalue weighted by molar-refractivity contribution is -0.138. The second-order valence-corrected chi connectivity index (χ2v) is 4.52. The molecule has 1 aromatic carbocycles. The van der Waals surface area contributed by atoms with E-state index in [2.05, 4.69) is 21.2 Å². The Bertz CT molecular complexity index is 490. The van der Waals surface area contributed by atoms with Gasteiger partial charge < -0.3 is 21.3 Å². The highest BCUT2D eigenvalue weighted by Crippen LogP contribution is 2.38. The number of carbonyl (C=O) groups excluding carboxylic acids is 1. The molecule has 0 heterocycles. The number of carboxylic acid groups (broad SMARTS) is 1. The maximum absolute atomic E-state index is 11.1. The Hall–Kier alpha value is -1.60. The van der Waals surface area contributed by atoms with Crippen molar-refractivity contribution in [2.75, 3.05) is 11.9 Å². The molecule has 6 nitrogen and oxygen atoms in total. The number of aliphatic carboxylic acids is 1. The van der Waals surface area contributed by atoms with Gasteiger partial charge in [0, 0.05) is 23.5 Å². The Morgan fingerprint density at radius 3 is 2.56 bits per heavy atom. The van der Waals surface area contributed by atoms with E-state index in [1.807, 2.05) is 0 Å². The number of phenols is 1. The zero-order chi connectivity index (χ0) is 13.9. The number of aromatic hydroxyl groups is 1. The van der Waals surface area contributed by atoms with Gasteiger partial charge in [-0.05, 0) is 12.1 Å². The smallest absolute Gasteiger partial charge is 0.312 e. The van der Waals surface area contributed by atoms with E-state index in [1.165, 1.54) is 19.1 Å². The van der Waals surface area contributed by atoms with E-state index in [-0.39, 0.29) is 23.5 Å². The Kier molecular flexibility index (Phi) is 4.69. The van der Waals surface area contributed by atoms with E-state index in [1.54, 1.807) is 0 Å². The summed E-state index contributed by atoms with van der Waals surface area (Å²) in [5, 5.41) is 21.2. The van der Waals surface area contributed by atoms with Gasteiger partial charge in [0.1, 0.15) is 5.75 Å². The van der Waals surface area contributed by atoms with E-state index < -0.39 is 17.8 Å². The number of phenolic OH excluding ortho intramolecular Hbond substituents is 1. The number of hydrogen-bond acceptors (Lipinski definition) is 4. The third-order valence-corrected chi connectivity index (χ3v) is 3.05. The number of carbonyl (C=O) groups is 2. The van der Waals surface area contributed by atoms with Gasteiger partial charge in [0.05, 0.1) is 11.6 Å². The molecule has 98 valence electrons. The fraction of sp³-hybridized carbons (Fsp3) is 0.273. The third-order valence-electron chi connectivity index (χ3n) is 2.35. The Morgan fingerprint density at radius 2 is 2.11 bits per heavy atom. The molecule has 0 saturated heterocycles. The average molecular weight is 317 g/mol. The van der Waals surface area contributed by atoms with Gasteiger partial charge in [-0.25, -0.2) is 0 Å². The first-order chi connectivity index (χ1) is 8.38. The van der Waals surface area contributed by atoms with Crippen LogP contribution in [0.1, 0.15) is 18.4 Å². The molecule has 0 spiro atoms. The molecule has 7 heteroatoms. The second kappa shape index (κ2) is 5.83. The van der Waals surface area contributed by atoms with Crippen molar-refractivity contribution in [1.82, 2.24) is 0 Å². The van der Waals surface area contributed by atoms with Crippen molar-refractivity contribution in [2.45, 2.75) is 12.8 Å². The number of nitrogens with one attached hydrogen (secondary N) is 1. The summed E-state index contributed by atoms with van der Waals surface area (Å²) in [4.78, 5) is 22.2. The fourth-order valence-corrected chi connectivity index (χ4v) is 2.18. The first-order valence-corrected chi connectivity index (χ1v) is 5.89. The number of benzene rings is 1. The topological polar surface area (TPSA) is 113 Å². The van der Waals surface area contributed by atoms with Crippen LogP contribution in [-0.4, -0.2) is 28.6 Å². The van der Waals surface area contributed by atoms with Crippen LogP contribution < -0.4 is 11.1 Å². The van der Waals surface area contributed by atoms with Crippen molar-refractivity contribution in [1.29, 1.82) is 0 Å². The minimum atomic E-state index is -1.13. The summed E-state index contributed by atoms with van der Waals surface area (Å²) in [5.74, 6) is -2.77. The van der Waals surface area contributed by atoms with Crippen molar-refractivity contribution < 1.29 is 19.8 Å². The minimum absolute atomic E-state index is 0.0646. The van der Waals surface area contributed by atoms with Crippen molar-refractivity contribution in [3.8, 4) is 5.75 Å². The number of nitrogens with two attached hydrogens (primary N) is 1. The quantitative estimate of drug-likeness (QED) is 0.624. The maximum Gasteiger partial charge on any atom is 0.312 e. The van der Waals surface area contributed by atoms with Crippen LogP contribution in [0.5, 0.6) is 5.75 Å². The lowest BCUT2D eigenvalue weighted by atomic mass is 9.97. The number of halogens is 1. The van der Waals surface area contributed by atoms with Crippen LogP contribution in [0.25, 0.3) is 0 Å². The van der Waals surface area contributed by atoms with E-state index in [4.69, 9.17) is 10.8 Å². The summed E-state index contributed by atoms with van der Waals surface area (Å²) in [6, 6.07) is 2.86. The van der Waals surface area contributed by atoms with Crippen molar-refractivity contribution in [2.24, 2.45) is 5.73 Å². The summed E-state index contributed by atoms with van der Waals surface area (Å²) in [7, 11) is 0. The van der Waals surface area contributed by atoms with Crippen LogP contribution in [0.3, 0.4) is 0 Å². The Balaban J connectivity index is 3.43. The molecule has 0 radical (unpaired) electrons. The zero-order valence-electron chi connectivity index (χ0n) is 9.61. The predicted octanol–water partition coefficient (Wildman–Crippen LogP) is 1.24. The molecule has 0 aliphatic rings. The van der Waals surface area contributed by atoms with E-state index >= 15 is 0 Å². The lowest BCUT2D eigenvalue weighted by Gasteiger charge is -2.18. The largest absolute Gasteiger partial charge is 0.506 e. The highest BCUT2D eigenvalue weighted by molar-refractivity contribution is 9.10. The van der Waals surface area contributed by atoms with Gasteiger partial charge in [-0.2, -0.15) is 0 Å². The Morgan fingerprint density at radius 1 is 1.50 bits per heavy atom. The number of rotatable bonds is 4. The van der Waals surface area contributed by atoms with E-state index in [0.29, 0.717) is 4.47 Å². The normalized spacial score (nSPS) is 11.9. The first-order valence-electron chi connectivity index (χ1n) is 5.10. The molecule has 0 aliphatic heterocycles. The molecule has 1 rings (SSSR count). The van der Waals surface area contributed by atoms with Crippen molar-refractivity contribution in [3.05, 3.63) is 22.2 Å². The summed E-state index contributed by atoms with van der Waals surface area (Å²) < 4.78 is 0.460. The van der Waals surface area contributed by atoms with Crippen molar-refractivity contribution >= 4 is 33.5 Å². The number of hydrogen-bond donors (Lipinski definition) is 4. The van der Waals surface area contributed by atoms with Gasteiger partial charge in [0.2, 0.25) is 5.91 Å². The molecule has 1 atom stereocenters. The number of carboxylic acids is 1. The van der Waals surface area contributed by atoms with Gasteiger partial charge in [0.15, 0.2) is 0 Å². The molecule has 1 aromatic rings. The van der Waals surface area contributed by atoms with Crippen LogP contribution >= 0.6 is 15.9 Å². The maximum atomic E-state index is 11.1. The van der Waals surface area contributed by atoms with Crippen LogP contribution in [0.15, 0.2) is 16.6 Å². The molecular formula is C11H13BrN2O4. The summed E-state index contributed by atoms with van der Waals surface area (Å²) in [6.45, 7) is 1.12. The molecule has 18 heavy (non-hydrogen) atoms. The van der Waals surface area contributed by atoms with Gasteiger partial charge >= 0.3 is 5.97 Å². The van der Waals surface area contributed by atoms with Crippen LogP contribution in [0.4, 0.5) is 5.69 Å². The highest BCUT2D eigenvalue weighted by Gasteiger charge is 2.26. The van der Waals surface area contributed by atoms with Gasteiger partial charge in [0.25, 0.3) is 0 Å². The molecule has 0 aliphatic carbocycles. The number of anilines is 1. The van der Waals surface area contributed by atoms with Gasteiger partial charge in [-0.3, -0.25) is 9.59 Å². The monoisotopic (exact) mass is 316 g/mol. The standard InChI is InChI=1S/C11H13BrN2O4/c1-5(15)14-10-8(16)3-2-7(12)9(10)6(4-13)11(17)18/h2-3,6,16H,4,13H2,1H3,(H,14,15)(H,17,18). The van der Waals surface area contributed by atoms with Crippen LogP contribution in [0, 0.1) is 0 Å². The lowest BCUT2D eigenvalue weighted by Crippen LogP contribution is -2.23. The predicted molar refractivity (Wildman–Crippen MR) is 69.5 cm³/mol. The SMILES string of the molecule is CC(=O)Nc1c(O)ccc(Br)c1C(CN)C(=O)O. The molecule has 0 fully saturated rings. The molecule has 0 aromatic heterocycles. The highest BCUT2D eigenvalue weighted by atomic mass is 79.9. The molecule has 1 amide bonds. The van der Waals surface area contributed by atoms with E-state index in [9.17, 15) is 14.7 Å². The van der Waals surface area contributed by atoms with E-state index in [0.717, 1.165) is 0 Å². The Labute approximate surface area is 112 Å². The molecule has 0 saturated carbocycles. The second-order valence-electron chi connectivity index (χ2n) is 3.66. The summed E-state index contributed by atoms with van der Waals surface area (Å²) in [5.41, 5.74) is 5.74. The van der Waals surface area contributed by atoms with Crippen LogP contribution in [-0.2, 0) is 9.59 Å². The van der Waals surface area contributed by atoms with Crippen LogP contribution in [0.2, 0.25) is 0 Å². The molecule has 0 bridgehead atoms. The van der Waals surface area contributed by atoms with Gasteiger partial charge in [-0.15, -0.1) is 0 Å². The third kappa shape index (κ3) is 2.99. The van der Waals surface area contributed by atoms with Gasteiger partial charge in [-0.1, -0.05) is 15.9 Å². The first kappa shape index (κ1) is 14.5. The molecule has 5 N–H and O–H groups in total. The fourth-order valence-electron chi connectivity index (χ4n) is 1.57. The number of amides is 1. The van der Waals surface area contributed by atoms with Crippen molar-refractivity contribution in [3.63, 3.8) is 0 Å². The zero-order valence-corrected chi connectivity index (χ0v) is 11.2. The molecular weight excluding hydrogens is 304 g/mol.